The third-order valence-corrected chi connectivity index (χ3v) is 5.68. The van der Waals surface area contributed by atoms with Crippen LogP contribution < -0.4 is 5.73 Å². The highest BCUT2D eigenvalue weighted by atomic mass is 35.5. The smallest absolute Gasteiger partial charge is 0.222 e. The first-order valence-corrected chi connectivity index (χ1v) is 9.11. The molecule has 1 aromatic rings. The van der Waals surface area contributed by atoms with E-state index >= 15 is 0 Å². The summed E-state index contributed by atoms with van der Waals surface area (Å²) in [6, 6.07) is 4.94. The lowest BCUT2D eigenvalue weighted by Gasteiger charge is -2.35. The highest BCUT2D eigenvalue weighted by molar-refractivity contribution is 6.31. The lowest BCUT2D eigenvalue weighted by Crippen LogP contribution is -2.49. The average molecular weight is 427 g/mol. The van der Waals surface area contributed by atoms with E-state index in [1.54, 1.807) is 12.1 Å². The predicted molar refractivity (Wildman–Crippen MR) is 108 cm³/mol. The van der Waals surface area contributed by atoms with Crippen molar-refractivity contribution in [2.45, 2.75) is 38.3 Å². The molecule has 1 aliphatic heterocycles. The summed E-state index contributed by atoms with van der Waals surface area (Å²) >= 11 is 6.09. The van der Waals surface area contributed by atoms with E-state index in [4.69, 9.17) is 17.3 Å². The van der Waals surface area contributed by atoms with Gasteiger partial charge in [-0.15, -0.1) is 24.8 Å². The molecule has 2 N–H and O–H groups in total. The second-order valence-electron chi connectivity index (χ2n) is 6.92. The molecule has 2 fully saturated rings. The maximum Gasteiger partial charge on any atom is 0.222 e. The van der Waals surface area contributed by atoms with Crippen molar-refractivity contribution in [2.24, 2.45) is 11.7 Å². The van der Waals surface area contributed by atoms with Crippen LogP contribution in [0.15, 0.2) is 18.2 Å². The zero-order chi connectivity index (χ0) is 17.1. The van der Waals surface area contributed by atoms with Crippen molar-refractivity contribution in [3.8, 4) is 0 Å². The maximum atomic E-state index is 13.9. The molecule has 1 amide bonds. The second-order valence-corrected chi connectivity index (χ2v) is 7.32. The summed E-state index contributed by atoms with van der Waals surface area (Å²) in [4.78, 5) is 16.5. The Bertz CT molecular complexity index is 577. The van der Waals surface area contributed by atoms with E-state index in [1.807, 2.05) is 4.90 Å². The van der Waals surface area contributed by atoms with Gasteiger partial charge < -0.3 is 10.6 Å². The standard InChI is InChI=1S/C18H25ClFN3O.2ClH/c19-15-4-2-5-16(20)14(15)12-22-7-9-23(10-8-22)18(24)11-13-3-1-6-17(13)21;;/h2,4-5,13,17H,1,3,6-12,21H2;2*1H/t13-,17+;;/m0../s1. The molecule has 0 bridgehead atoms. The lowest BCUT2D eigenvalue weighted by molar-refractivity contribution is -0.134. The molecule has 0 unspecified atom stereocenters. The van der Waals surface area contributed by atoms with Gasteiger partial charge >= 0.3 is 0 Å². The Morgan fingerprint density at radius 1 is 1.19 bits per heavy atom. The summed E-state index contributed by atoms with van der Waals surface area (Å²) in [6.45, 7) is 3.35. The van der Waals surface area contributed by atoms with E-state index in [2.05, 4.69) is 4.90 Å². The van der Waals surface area contributed by atoms with E-state index in [-0.39, 0.29) is 42.6 Å². The Balaban J connectivity index is 0.00000169. The van der Waals surface area contributed by atoms with Crippen LogP contribution in [0, 0.1) is 11.7 Å². The summed E-state index contributed by atoms with van der Waals surface area (Å²) in [7, 11) is 0. The number of carbonyl (C=O) groups is 1. The predicted octanol–water partition coefficient (Wildman–Crippen LogP) is 3.48. The first-order chi connectivity index (χ1) is 11.5. The van der Waals surface area contributed by atoms with Crippen LogP contribution >= 0.6 is 36.4 Å². The van der Waals surface area contributed by atoms with Gasteiger partial charge in [0.05, 0.1) is 0 Å². The molecule has 26 heavy (non-hydrogen) atoms. The maximum absolute atomic E-state index is 13.9. The van der Waals surface area contributed by atoms with Gasteiger partial charge in [-0.25, -0.2) is 4.39 Å². The Morgan fingerprint density at radius 2 is 1.88 bits per heavy atom. The Kier molecular flexibility index (Phi) is 9.62. The summed E-state index contributed by atoms with van der Waals surface area (Å²) < 4.78 is 13.9. The van der Waals surface area contributed by atoms with Crippen LogP contribution in [0.2, 0.25) is 5.02 Å². The van der Waals surface area contributed by atoms with Gasteiger partial charge in [0.2, 0.25) is 5.91 Å². The van der Waals surface area contributed by atoms with Gasteiger partial charge in [0.15, 0.2) is 0 Å². The highest BCUT2D eigenvalue weighted by Crippen LogP contribution is 2.27. The fraction of sp³-hybridized carbons (Fsp3) is 0.611. The van der Waals surface area contributed by atoms with Gasteiger partial charge in [-0.1, -0.05) is 24.1 Å². The third-order valence-electron chi connectivity index (χ3n) is 5.32. The number of amides is 1. The molecule has 1 heterocycles. The molecule has 1 saturated carbocycles. The lowest BCUT2D eigenvalue weighted by atomic mass is 9.99. The van der Waals surface area contributed by atoms with Gasteiger partial charge in [-0.3, -0.25) is 9.69 Å². The molecular formula is C18H27Cl3FN3O. The van der Waals surface area contributed by atoms with Crippen molar-refractivity contribution in [1.82, 2.24) is 9.80 Å². The minimum Gasteiger partial charge on any atom is -0.340 e. The SMILES string of the molecule is Cl.Cl.N[C@@H]1CCC[C@H]1CC(=O)N1CCN(Cc2c(F)cccc2Cl)CC1. The Hall–Kier alpha value is -0.590. The molecule has 0 radical (unpaired) electrons. The number of rotatable bonds is 4. The molecule has 0 aromatic heterocycles. The second kappa shape index (κ2) is 10.7. The molecule has 1 aliphatic carbocycles. The minimum absolute atomic E-state index is 0. The van der Waals surface area contributed by atoms with Crippen LogP contribution in [-0.4, -0.2) is 47.9 Å². The van der Waals surface area contributed by atoms with Crippen LogP contribution in [0.1, 0.15) is 31.2 Å². The quantitative estimate of drug-likeness (QED) is 0.802. The summed E-state index contributed by atoms with van der Waals surface area (Å²) in [5.41, 5.74) is 6.60. The zero-order valence-corrected chi connectivity index (χ0v) is 17.1. The van der Waals surface area contributed by atoms with E-state index in [1.165, 1.54) is 6.07 Å². The van der Waals surface area contributed by atoms with Crippen molar-refractivity contribution in [3.05, 3.63) is 34.6 Å². The number of benzene rings is 1. The number of halogens is 4. The fourth-order valence-corrected chi connectivity index (χ4v) is 3.96. The molecule has 2 atom stereocenters. The molecule has 2 aliphatic rings. The van der Waals surface area contributed by atoms with Crippen molar-refractivity contribution in [1.29, 1.82) is 0 Å². The van der Waals surface area contributed by atoms with Crippen LogP contribution in [0.5, 0.6) is 0 Å². The molecule has 0 spiro atoms. The van der Waals surface area contributed by atoms with Crippen LogP contribution in [0.25, 0.3) is 0 Å². The van der Waals surface area contributed by atoms with Gasteiger partial charge in [-0.05, 0) is 30.9 Å². The van der Waals surface area contributed by atoms with Crippen molar-refractivity contribution in [3.63, 3.8) is 0 Å². The van der Waals surface area contributed by atoms with Crippen LogP contribution in [0.3, 0.4) is 0 Å². The van der Waals surface area contributed by atoms with Crippen molar-refractivity contribution < 1.29 is 9.18 Å². The fourth-order valence-electron chi connectivity index (χ4n) is 3.73. The monoisotopic (exact) mass is 425 g/mol. The molecule has 1 aromatic carbocycles. The number of nitrogens with zero attached hydrogens (tertiary/aromatic N) is 2. The average Bonchev–Trinajstić information content (AvgIpc) is 2.97. The van der Waals surface area contributed by atoms with E-state index in [0.717, 1.165) is 32.4 Å². The zero-order valence-electron chi connectivity index (χ0n) is 14.7. The normalized spacial score (nSPS) is 23.3. The van der Waals surface area contributed by atoms with Crippen LogP contribution in [0.4, 0.5) is 4.39 Å². The van der Waals surface area contributed by atoms with Gasteiger partial charge in [-0.2, -0.15) is 0 Å². The van der Waals surface area contributed by atoms with Crippen molar-refractivity contribution in [2.75, 3.05) is 26.2 Å². The molecule has 3 rings (SSSR count). The number of nitrogens with two attached hydrogens (primary N) is 1. The summed E-state index contributed by atoms with van der Waals surface area (Å²) in [5, 5.41) is 0.462. The summed E-state index contributed by atoms with van der Waals surface area (Å²) in [5.74, 6) is 0.282. The number of carbonyl (C=O) groups excluding carboxylic acids is 1. The molecule has 1 saturated heterocycles. The Labute approximate surface area is 172 Å². The molecular weight excluding hydrogens is 400 g/mol. The van der Waals surface area contributed by atoms with Crippen LogP contribution in [-0.2, 0) is 11.3 Å². The molecule has 4 nitrogen and oxygen atoms in total. The minimum atomic E-state index is -0.267. The van der Waals surface area contributed by atoms with Gasteiger partial charge in [0.1, 0.15) is 5.82 Å². The van der Waals surface area contributed by atoms with E-state index in [0.29, 0.717) is 42.6 Å². The number of piperazine rings is 1. The van der Waals surface area contributed by atoms with Crippen molar-refractivity contribution >= 4 is 42.3 Å². The topological polar surface area (TPSA) is 49.6 Å². The largest absolute Gasteiger partial charge is 0.340 e. The van der Waals surface area contributed by atoms with Gasteiger partial charge in [0.25, 0.3) is 0 Å². The first-order valence-electron chi connectivity index (χ1n) is 8.73. The van der Waals surface area contributed by atoms with E-state index < -0.39 is 0 Å². The molecule has 148 valence electrons. The Morgan fingerprint density at radius 3 is 2.46 bits per heavy atom. The third kappa shape index (κ3) is 5.70. The first kappa shape index (κ1) is 23.4. The highest BCUT2D eigenvalue weighted by Gasteiger charge is 2.29. The number of hydrogen-bond donors (Lipinski definition) is 1. The van der Waals surface area contributed by atoms with Gasteiger partial charge in [0, 0.05) is 55.8 Å². The number of hydrogen-bond acceptors (Lipinski definition) is 3. The molecule has 8 heteroatoms. The van der Waals surface area contributed by atoms with E-state index in [9.17, 15) is 9.18 Å². The summed E-state index contributed by atoms with van der Waals surface area (Å²) in [6.07, 6.45) is 3.81.